The monoisotopic (exact) mass is 621 g/mol. The Balaban J connectivity index is 0.00000216. The molecule has 2 atom stereocenters. The quantitative estimate of drug-likeness (QED) is 0.194. The van der Waals surface area contributed by atoms with Gasteiger partial charge in [0.1, 0.15) is 11.1 Å². The molecular weight excluding hydrogens is 583 g/mol. The van der Waals surface area contributed by atoms with E-state index in [1.54, 1.807) is 0 Å². The molecule has 1 aromatic heterocycles. The number of carbonyl (C=O) groups excluding carboxylic acids is 1. The van der Waals surface area contributed by atoms with Gasteiger partial charge in [0.25, 0.3) is 0 Å². The van der Waals surface area contributed by atoms with Gasteiger partial charge in [0.15, 0.2) is 19.9 Å². The number of halogens is 1. The van der Waals surface area contributed by atoms with E-state index in [0.29, 0.717) is 30.8 Å². The van der Waals surface area contributed by atoms with Gasteiger partial charge < -0.3 is 39.1 Å². The fourth-order valence-corrected chi connectivity index (χ4v) is 7.59. The summed E-state index contributed by atoms with van der Waals surface area (Å²) in [6.45, 7) is 7.82. The number of pyridine rings is 1. The Bertz CT molecular complexity index is 1320. The van der Waals surface area contributed by atoms with Gasteiger partial charge in [-0.15, -0.1) is 0 Å². The number of nitrogens with zero attached hydrogens (tertiary/aromatic N) is 2. The minimum Gasteiger partial charge on any atom is -0.492 e. The highest BCUT2D eigenvalue weighted by molar-refractivity contribution is 8.14. The zero-order valence-electron chi connectivity index (χ0n) is 23.0. The Morgan fingerprint density at radius 3 is 2.55 bits per heavy atom. The van der Waals surface area contributed by atoms with Crippen LogP contribution in [-0.4, -0.2) is 73.2 Å². The lowest BCUT2D eigenvalue weighted by Crippen LogP contribution is -2.49. The van der Waals surface area contributed by atoms with Crippen LogP contribution in [0.3, 0.4) is 0 Å². The Morgan fingerprint density at radius 2 is 2.00 bits per heavy atom. The number of aromatic nitrogens is 1. The highest BCUT2D eigenvalue weighted by Gasteiger charge is 2.35. The molecule has 1 aliphatic heterocycles. The van der Waals surface area contributed by atoms with Gasteiger partial charge in [-0.2, -0.15) is 0 Å². The van der Waals surface area contributed by atoms with Crippen LogP contribution < -0.4 is 20.4 Å². The maximum absolute atomic E-state index is 15.5. The number of ether oxygens (including phenoxy) is 1. The van der Waals surface area contributed by atoms with E-state index < -0.39 is 37.7 Å². The number of piperazine rings is 1. The van der Waals surface area contributed by atoms with Crippen molar-refractivity contribution >= 4 is 49.4 Å². The lowest BCUT2D eigenvalue weighted by molar-refractivity contribution is 0.108. The summed E-state index contributed by atoms with van der Waals surface area (Å²) < 4.78 is 34.5. The molecule has 15 heteroatoms. The molecule has 11 nitrogen and oxygen atoms in total. The fourth-order valence-electron chi connectivity index (χ4n) is 4.78. The van der Waals surface area contributed by atoms with Gasteiger partial charge in [-0.1, -0.05) is 25.6 Å². The number of hydrogen-bond acceptors (Lipinski definition) is 9. The van der Waals surface area contributed by atoms with Crippen molar-refractivity contribution < 1.29 is 38.1 Å². The van der Waals surface area contributed by atoms with Crippen LogP contribution in [0.25, 0.3) is 10.9 Å². The summed E-state index contributed by atoms with van der Waals surface area (Å²) in [6, 6.07) is 1.36. The summed E-state index contributed by atoms with van der Waals surface area (Å²) in [6.07, 6.45) is 3.11. The second-order valence-electron chi connectivity index (χ2n) is 9.62. The summed E-state index contributed by atoms with van der Waals surface area (Å²) in [5.74, 6) is -0.233. The minimum absolute atomic E-state index is 0.0428. The van der Waals surface area contributed by atoms with E-state index in [9.17, 15) is 33.7 Å². The molecule has 0 radical (unpaired) electrons. The average molecular weight is 622 g/mol. The molecule has 1 saturated carbocycles. The first kappa shape index (κ1) is 32.9. The van der Waals surface area contributed by atoms with Crippen LogP contribution in [0.2, 0.25) is 0 Å². The molecule has 5 N–H and O–H groups in total. The minimum atomic E-state index is -4.70. The number of carbonyl (C=O) groups is 1. The SMILES string of the molecule is CC.COc1c(N2CCNC(C)C2)c(F)cc2c(=O)c(C(=O)SCCCC(P(O)O)P(=O)(O)O)cn(C3CC3)c12. The Kier molecular flexibility index (Phi) is 11.6. The molecule has 40 heavy (non-hydrogen) atoms. The molecule has 4 rings (SSSR count). The van der Waals surface area contributed by atoms with Gasteiger partial charge in [-0.05, 0) is 38.7 Å². The van der Waals surface area contributed by atoms with Crippen molar-refractivity contribution in [2.24, 2.45) is 0 Å². The van der Waals surface area contributed by atoms with Crippen LogP contribution in [0.5, 0.6) is 5.75 Å². The molecular formula is C25H38FN3O8P2S. The van der Waals surface area contributed by atoms with E-state index in [0.717, 1.165) is 24.6 Å². The molecule has 1 saturated heterocycles. The summed E-state index contributed by atoms with van der Waals surface area (Å²) in [5, 5.41) is 1.23. The van der Waals surface area contributed by atoms with Crippen molar-refractivity contribution in [3.63, 3.8) is 0 Å². The normalized spacial score (nSPS) is 18.4. The first-order valence-corrected chi connectivity index (χ1v) is 17.2. The topological polar surface area (TPSA) is 162 Å². The molecule has 0 amide bonds. The van der Waals surface area contributed by atoms with Crippen molar-refractivity contribution in [2.75, 3.05) is 37.4 Å². The van der Waals surface area contributed by atoms with E-state index in [2.05, 4.69) is 5.32 Å². The summed E-state index contributed by atoms with van der Waals surface area (Å²) >= 11 is 0.796. The van der Waals surface area contributed by atoms with E-state index in [-0.39, 0.29) is 47.4 Å². The predicted molar refractivity (Wildman–Crippen MR) is 157 cm³/mol. The smallest absolute Gasteiger partial charge is 0.337 e. The molecule has 224 valence electrons. The van der Waals surface area contributed by atoms with Gasteiger partial charge in [0.05, 0.1) is 23.6 Å². The molecule has 2 unspecified atom stereocenters. The lowest BCUT2D eigenvalue weighted by atomic mass is 10.1. The highest BCUT2D eigenvalue weighted by atomic mass is 32.2. The molecule has 2 aromatic rings. The van der Waals surface area contributed by atoms with Crippen LogP contribution in [0.4, 0.5) is 10.1 Å². The van der Waals surface area contributed by atoms with E-state index in [1.165, 1.54) is 19.4 Å². The van der Waals surface area contributed by atoms with Crippen LogP contribution in [-0.2, 0) is 4.57 Å². The third-order valence-electron chi connectivity index (χ3n) is 6.74. The molecule has 1 aromatic carbocycles. The molecule has 2 fully saturated rings. The van der Waals surface area contributed by atoms with Crippen LogP contribution in [0, 0.1) is 5.82 Å². The van der Waals surface area contributed by atoms with Gasteiger partial charge in [0, 0.05) is 43.7 Å². The molecule has 0 spiro atoms. The zero-order valence-corrected chi connectivity index (χ0v) is 25.6. The van der Waals surface area contributed by atoms with E-state index in [4.69, 9.17) is 4.74 Å². The van der Waals surface area contributed by atoms with Crippen molar-refractivity contribution in [1.82, 2.24) is 9.88 Å². The fraction of sp³-hybridized carbons (Fsp3) is 0.600. The van der Waals surface area contributed by atoms with E-state index in [1.807, 2.05) is 30.2 Å². The number of benzene rings is 1. The Morgan fingerprint density at radius 1 is 1.32 bits per heavy atom. The van der Waals surface area contributed by atoms with E-state index >= 15 is 4.39 Å². The molecule has 0 bridgehead atoms. The van der Waals surface area contributed by atoms with Crippen molar-refractivity contribution in [3.05, 3.63) is 33.9 Å². The zero-order chi connectivity index (χ0) is 29.8. The second-order valence-corrected chi connectivity index (χ2v) is 14.2. The largest absolute Gasteiger partial charge is 0.492 e. The van der Waals surface area contributed by atoms with Crippen LogP contribution in [0.15, 0.2) is 17.1 Å². The number of hydrogen-bond donors (Lipinski definition) is 5. The third kappa shape index (κ3) is 7.44. The first-order valence-electron chi connectivity index (χ1n) is 13.3. The van der Waals surface area contributed by atoms with Gasteiger partial charge >= 0.3 is 7.60 Å². The molecule has 2 heterocycles. The van der Waals surface area contributed by atoms with Crippen LogP contribution in [0.1, 0.15) is 62.9 Å². The Hall–Kier alpha value is -1.56. The number of methoxy groups -OCH3 is 1. The standard InChI is InChI=1S/C23H32FN3O8P2S.C2H6/c1-13-11-26(8-7-25-13)20-17(24)10-15-19(22(20)35-2)27(14-5-6-14)12-16(21(15)28)23(29)38-9-3-4-18(36(30)31)37(32,33)34;1-2/h10,12-14,18,25,30-31H,3-9,11H2,1-2H3,(H2,32,33,34);1-2H3. The Labute approximate surface area is 238 Å². The number of rotatable bonds is 10. The number of nitrogens with one attached hydrogen (secondary N) is 1. The second kappa shape index (κ2) is 14.1. The van der Waals surface area contributed by atoms with Gasteiger partial charge in [0.2, 0.25) is 10.5 Å². The third-order valence-corrected chi connectivity index (χ3v) is 11.1. The first-order chi connectivity index (χ1) is 18.9. The molecule has 2 aliphatic rings. The predicted octanol–water partition coefficient (Wildman–Crippen LogP) is 3.76. The number of anilines is 1. The van der Waals surface area contributed by atoms with Gasteiger partial charge in [-0.25, -0.2) is 4.39 Å². The van der Waals surface area contributed by atoms with Crippen molar-refractivity contribution in [1.29, 1.82) is 0 Å². The summed E-state index contributed by atoms with van der Waals surface area (Å²) in [5.41, 5.74) is 0.0162. The number of thioether (sulfide) groups is 1. The van der Waals surface area contributed by atoms with Crippen LogP contribution >= 0.6 is 27.7 Å². The maximum Gasteiger partial charge on any atom is 0.337 e. The summed E-state index contributed by atoms with van der Waals surface area (Å²) in [4.78, 5) is 65.5. The summed E-state index contributed by atoms with van der Waals surface area (Å²) in [7, 11) is -6.10. The average Bonchev–Trinajstić information content (AvgIpc) is 3.74. The van der Waals surface area contributed by atoms with Crippen molar-refractivity contribution in [3.8, 4) is 5.75 Å². The van der Waals surface area contributed by atoms with Gasteiger partial charge in [-0.3, -0.25) is 14.2 Å². The molecule has 1 aliphatic carbocycles. The number of fused-ring (bicyclic) bond motifs is 1. The maximum atomic E-state index is 15.5. The highest BCUT2D eigenvalue weighted by Crippen LogP contribution is 2.57. The lowest BCUT2D eigenvalue weighted by Gasteiger charge is -2.35. The van der Waals surface area contributed by atoms with Crippen molar-refractivity contribution in [2.45, 2.75) is 63.9 Å².